The summed E-state index contributed by atoms with van der Waals surface area (Å²) in [5.74, 6) is 1.38. The summed E-state index contributed by atoms with van der Waals surface area (Å²) in [6, 6.07) is 10.7. The van der Waals surface area contributed by atoms with E-state index < -0.39 is 0 Å². The zero-order valence-electron chi connectivity index (χ0n) is 13.8. The lowest BCUT2D eigenvalue weighted by molar-refractivity contribution is 1.18. The third-order valence-corrected chi connectivity index (χ3v) is 3.76. The van der Waals surface area contributed by atoms with Crippen molar-refractivity contribution in [2.75, 3.05) is 19.0 Å². The molecule has 1 aromatic carbocycles. The number of benzene rings is 1. The maximum Gasteiger partial charge on any atom is 0.202 e. The summed E-state index contributed by atoms with van der Waals surface area (Å²) in [4.78, 5) is 14.2. The number of aliphatic imine (C=N–C) groups is 2. The number of hydrogen-bond acceptors (Lipinski definition) is 4. The van der Waals surface area contributed by atoms with Crippen LogP contribution in [0.5, 0.6) is 0 Å². The fraction of sp³-hybridized carbons (Fsp3) is 0.176. The second-order valence-corrected chi connectivity index (χ2v) is 5.38. The van der Waals surface area contributed by atoms with Gasteiger partial charge in [0.1, 0.15) is 11.7 Å². The molecule has 0 amide bonds. The minimum absolute atomic E-state index is 0.252. The summed E-state index contributed by atoms with van der Waals surface area (Å²) in [5.41, 5.74) is 7.68. The lowest BCUT2D eigenvalue weighted by Crippen LogP contribution is -2.42. The average Bonchev–Trinajstić information content (AvgIpc) is 2.62. The Kier molecular flexibility index (Phi) is 5.65. The lowest BCUT2D eigenvalue weighted by atomic mass is 10.0. The number of nitrogens with zero attached hydrogens (tertiary/aromatic N) is 4. The molecule has 0 spiro atoms. The Balaban J connectivity index is 2.57. The van der Waals surface area contributed by atoms with Crippen molar-refractivity contribution in [3.8, 4) is 0 Å². The van der Waals surface area contributed by atoms with Crippen LogP contribution in [0.1, 0.15) is 18.1 Å². The zero-order valence-corrected chi connectivity index (χ0v) is 14.5. The van der Waals surface area contributed by atoms with Gasteiger partial charge in [0.15, 0.2) is 0 Å². The topological polar surface area (TPSA) is 90.7 Å². The van der Waals surface area contributed by atoms with E-state index in [1.54, 1.807) is 55.5 Å². The number of amidine groups is 1. The van der Waals surface area contributed by atoms with Gasteiger partial charge in [0.25, 0.3) is 0 Å². The third kappa shape index (κ3) is 3.60. The lowest BCUT2D eigenvalue weighted by Gasteiger charge is -2.24. The van der Waals surface area contributed by atoms with E-state index in [9.17, 15) is 0 Å². The number of nitrogens with two attached hydrogens (primary N) is 1. The van der Waals surface area contributed by atoms with Gasteiger partial charge in [-0.25, -0.2) is 4.98 Å². The van der Waals surface area contributed by atoms with Crippen LogP contribution in [0.4, 0.5) is 5.82 Å². The van der Waals surface area contributed by atoms with Gasteiger partial charge in [-0.15, -0.1) is 0 Å². The third-order valence-electron chi connectivity index (χ3n) is 3.51. The molecule has 3 N–H and O–H groups in total. The summed E-state index contributed by atoms with van der Waals surface area (Å²) in [7, 11) is 3.26. The van der Waals surface area contributed by atoms with Crippen LogP contribution >= 0.6 is 11.6 Å². The zero-order chi connectivity index (χ0) is 17.7. The number of guanidine groups is 1. The largest absolute Gasteiger partial charge is 0.369 e. The van der Waals surface area contributed by atoms with Crippen LogP contribution in [0.2, 0.25) is 5.02 Å². The second kappa shape index (κ2) is 7.70. The summed E-state index contributed by atoms with van der Waals surface area (Å²) < 4.78 is 0. The average molecular weight is 343 g/mol. The van der Waals surface area contributed by atoms with Crippen molar-refractivity contribution in [1.82, 2.24) is 4.98 Å². The van der Waals surface area contributed by atoms with Crippen molar-refractivity contribution in [3.05, 3.63) is 58.7 Å². The van der Waals surface area contributed by atoms with E-state index >= 15 is 0 Å². The highest BCUT2D eigenvalue weighted by molar-refractivity contribution is 6.30. The van der Waals surface area contributed by atoms with Gasteiger partial charge in [-0.1, -0.05) is 23.7 Å². The molecule has 124 valence electrons. The molecule has 0 radical (unpaired) electrons. The first kappa shape index (κ1) is 17.6. The molecular weight excluding hydrogens is 324 g/mol. The number of pyridine rings is 1. The molecule has 2 aromatic rings. The van der Waals surface area contributed by atoms with Crippen LogP contribution in [0.25, 0.3) is 0 Å². The van der Waals surface area contributed by atoms with Crippen LogP contribution in [0.3, 0.4) is 0 Å². The Hall–Kier alpha value is -2.73. The van der Waals surface area contributed by atoms with Crippen LogP contribution in [0.15, 0.2) is 52.6 Å². The monoisotopic (exact) mass is 342 g/mol. The molecule has 0 saturated carbocycles. The molecule has 0 aliphatic rings. The van der Waals surface area contributed by atoms with Crippen molar-refractivity contribution in [1.29, 1.82) is 5.41 Å². The predicted molar refractivity (Wildman–Crippen MR) is 101 cm³/mol. The minimum atomic E-state index is 0.252. The highest BCUT2D eigenvalue weighted by Gasteiger charge is 2.21. The molecule has 1 aromatic heterocycles. The summed E-state index contributed by atoms with van der Waals surface area (Å²) >= 11 is 5.93. The minimum Gasteiger partial charge on any atom is -0.369 e. The number of aromatic nitrogens is 1. The molecule has 0 atom stereocenters. The van der Waals surface area contributed by atoms with E-state index in [0.717, 1.165) is 5.56 Å². The van der Waals surface area contributed by atoms with E-state index in [-0.39, 0.29) is 5.96 Å². The first-order chi connectivity index (χ1) is 11.5. The fourth-order valence-electron chi connectivity index (χ4n) is 2.17. The van der Waals surface area contributed by atoms with Crippen molar-refractivity contribution in [3.63, 3.8) is 0 Å². The standard InChI is InChI=1S/C17H19ClN6/c1-11(21-2)24(17(20)22-3)16-14(5-4-10-23-16)15(19)12-6-8-13(18)9-7-12/h4-10,19H,1-3H3,(H2,20,22). The van der Waals surface area contributed by atoms with Gasteiger partial charge in [0, 0.05) is 36.4 Å². The number of halogens is 1. The molecule has 0 unspecified atom stereocenters. The first-order valence-electron chi connectivity index (χ1n) is 7.25. The van der Waals surface area contributed by atoms with E-state index in [2.05, 4.69) is 15.0 Å². The number of nitrogens with one attached hydrogen (secondary N) is 1. The highest BCUT2D eigenvalue weighted by Crippen LogP contribution is 2.22. The Morgan fingerprint density at radius 1 is 1.17 bits per heavy atom. The number of hydrogen-bond donors (Lipinski definition) is 2. The summed E-state index contributed by atoms with van der Waals surface area (Å²) in [5, 5.41) is 9.16. The van der Waals surface area contributed by atoms with Gasteiger partial charge < -0.3 is 5.73 Å². The molecule has 2 rings (SSSR count). The van der Waals surface area contributed by atoms with E-state index in [4.69, 9.17) is 22.7 Å². The molecule has 1 heterocycles. The molecule has 0 aliphatic heterocycles. The van der Waals surface area contributed by atoms with Crippen molar-refractivity contribution < 1.29 is 0 Å². The first-order valence-corrected chi connectivity index (χ1v) is 7.63. The molecule has 7 heteroatoms. The van der Waals surface area contributed by atoms with Gasteiger partial charge in [-0.2, -0.15) is 0 Å². The van der Waals surface area contributed by atoms with Crippen LogP contribution in [0, 0.1) is 5.41 Å². The summed E-state index contributed by atoms with van der Waals surface area (Å²) in [6.07, 6.45) is 1.65. The van der Waals surface area contributed by atoms with Gasteiger partial charge in [0.2, 0.25) is 5.96 Å². The molecule has 0 bridgehead atoms. The van der Waals surface area contributed by atoms with Gasteiger partial charge >= 0.3 is 0 Å². The Morgan fingerprint density at radius 2 is 1.83 bits per heavy atom. The Morgan fingerprint density at radius 3 is 2.42 bits per heavy atom. The Labute approximate surface area is 146 Å². The maximum atomic E-state index is 8.54. The molecule has 0 saturated heterocycles. The van der Waals surface area contributed by atoms with E-state index in [0.29, 0.717) is 28.0 Å². The SMILES string of the molecule is CN=C(C)N(C(N)=NC)c1ncccc1C(=N)c1ccc(Cl)cc1. The van der Waals surface area contributed by atoms with E-state index in [1.165, 1.54) is 0 Å². The second-order valence-electron chi connectivity index (χ2n) is 4.94. The Bertz CT molecular complexity index is 777. The molecule has 0 aliphatic carbocycles. The van der Waals surface area contributed by atoms with Crippen molar-refractivity contribution >= 4 is 34.9 Å². The molecule has 6 nitrogen and oxygen atoms in total. The smallest absolute Gasteiger partial charge is 0.202 e. The van der Waals surface area contributed by atoms with Crippen molar-refractivity contribution in [2.24, 2.45) is 15.7 Å². The number of anilines is 1. The predicted octanol–water partition coefficient (Wildman–Crippen LogP) is 2.95. The highest BCUT2D eigenvalue weighted by atomic mass is 35.5. The summed E-state index contributed by atoms with van der Waals surface area (Å²) in [6.45, 7) is 1.81. The quantitative estimate of drug-likeness (QED) is 0.663. The fourth-order valence-corrected chi connectivity index (χ4v) is 2.30. The number of rotatable bonds is 3. The van der Waals surface area contributed by atoms with Crippen molar-refractivity contribution in [2.45, 2.75) is 6.92 Å². The maximum absolute atomic E-state index is 8.54. The molecule has 24 heavy (non-hydrogen) atoms. The molecule has 0 fully saturated rings. The normalized spacial score (nSPS) is 12.2. The van der Waals surface area contributed by atoms with Gasteiger partial charge in [-0.05, 0) is 31.2 Å². The van der Waals surface area contributed by atoms with Gasteiger partial charge in [-0.3, -0.25) is 20.3 Å². The van der Waals surface area contributed by atoms with Crippen LogP contribution in [-0.2, 0) is 0 Å². The van der Waals surface area contributed by atoms with E-state index in [1.807, 2.05) is 13.0 Å². The van der Waals surface area contributed by atoms with Crippen LogP contribution in [-0.4, -0.2) is 36.6 Å². The van der Waals surface area contributed by atoms with Crippen LogP contribution < -0.4 is 10.6 Å². The van der Waals surface area contributed by atoms with Gasteiger partial charge in [0.05, 0.1) is 5.71 Å². The molecular formula is C17H19ClN6.